The van der Waals surface area contributed by atoms with Crippen LogP contribution in [0.3, 0.4) is 0 Å². The third kappa shape index (κ3) is 5.43. The predicted octanol–water partition coefficient (Wildman–Crippen LogP) is 1.90. The second-order valence-electron chi connectivity index (χ2n) is 6.32. The molecule has 2 aromatic carbocycles. The van der Waals surface area contributed by atoms with Crippen LogP contribution in [0.2, 0.25) is 0 Å². The zero-order chi connectivity index (χ0) is 19.5. The van der Waals surface area contributed by atoms with Crippen molar-refractivity contribution >= 4 is 10.1 Å². The van der Waals surface area contributed by atoms with E-state index in [-0.39, 0.29) is 0 Å². The van der Waals surface area contributed by atoms with E-state index in [1.165, 1.54) is 5.56 Å². The molecule has 0 spiro atoms. The van der Waals surface area contributed by atoms with Gasteiger partial charge in [-0.2, -0.15) is 0 Å². The van der Waals surface area contributed by atoms with E-state index in [4.69, 9.17) is 0 Å². The molecule has 0 saturated heterocycles. The van der Waals surface area contributed by atoms with Crippen LogP contribution in [0.15, 0.2) is 42.5 Å². The molecule has 0 fully saturated rings. The number of alkyl halides is 3. The summed E-state index contributed by atoms with van der Waals surface area (Å²) in [6.07, 6.45) is 0.931. The molecule has 0 aliphatic carbocycles. The van der Waals surface area contributed by atoms with Gasteiger partial charge in [-0.1, -0.05) is 0 Å². The first kappa shape index (κ1) is 21.2. The summed E-state index contributed by atoms with van der Waals surface area (Å²) >= 11 is -1.82. The zero-order valence-corrected chi connectivity index (χ0v) is 17.4. The van der Waals surface area contributed by atoms with E-state index in [0.29, 0.717) is 15.1 Å². The molecule has 0 radical (unpaired) electrons. The maximum atomic E-state index is 12.5. The molecule has 0 amide bonds. The van der Waals surface area contributed by atoms with Crippen LogP contribution >= 0.6 is 0 Å². The Kier molecular flexibility index (Phi) is 6.73. The van der Waals surface area contributed by atoms with Gasteiger partial charge in [0.2, 0.25) is 0 Å². The van der Waals surface area contributed by atoms with E-state index >= 15 is 0 Å². The first-order chi connectivity index (χ1) is 12.0. The summed E-state index contributed by atoms with van der Waals surface area (Å²) in [6, 6.07) is 13.0. The van der Waals surface area contributed by atoms with Crippen LogP contribution in [-0.2, 0) is 19.1 Å². The number of aryl methyl sites for hydroxylation is 1. The Morgan fingerprint density at radius 2 is 1.69 bits per heavy atom. The molecule has 0 N–H and O–H groups in total. The minimum atomic E-state index is -5.58. The summed E-state index contributed by atoms with van der Waals surface area (Å²) in [7, 11) is -5.58. The fraction of sp³-hybridized carbons (Fsp3) is 0.333. The topological polar surface area (TPSA) is 43.4 Å². The van der Waals surface area contributed by atoms with Gasteiger partial charge in [0.15, 0.2) is 0 Å². The Morgan fingerprint density at radius 1 is 1.08 bits per heavy atom. The summed E-state index contributed by atoms with van der Waals surface area (Å²) in [5.41, 5.74) is -1.78. The van der Waals surface area contributed by atoms with Gasteiger partial charge < -0.3 is 0 Å². The summed E-state index contributed by atoms with van der Waals surface area (Å²) in [5.74, 6) is 0.516. The number of rotatable bonds is 6. The molecule has 26 heavy (non-hydrogen) atoms. The summed E-state index contributed by atoms with van der Waals surface area (Å²) in [6.45, 7) is 6.11. The summed E-state index contributed by atoms with van der Waals surface area (Å²) in [4.78, 5) is 0. The molecule has 2 aromatic rings. The van der Waals surface area contributed by atoms with E-state index in [0.717, 1.165) is 17.5 Å². The van der Waals surface area contributed by atoms with E-state index in [9.17, 15) is 21.6 Å². The predicted molar refractivity (Wildman–Crippen MR) is 89.9 cm³/mol. The average molecular weight is 499 g/mol. The number of benzene rings is 2. The Hall–Kier alpha value is -1.13. The molecule has 0 atom stereocenters. The second kappa shape index (κ2) is 8.26. The molecule has 144 valence electrons. The van der Waals surface area contributed by atoms with Crippen molar-refractivity contribution in [3.8, 4) is 11.1 Å². The van der Waals surface area contributed by atoms with Gasteiger partial charge in [-0.05, 0) is 0 Å². The number of hydrogen-bond acceptors (Lipinski definition) is 3. The van der Waals surface area contributed by atoms with Gasteiger partial charge in [0, 0.05) is 0 Å². The Bertz CT molecular complexity index is 860. The number of halogens is 4. The van der Waals surface area contributed by atoms with Gasteiger partial charge in [-0.3, -0.25) is 0 Å². The molecule has 0 aliphatic rings. The zero-order valence-electron chi connectivity index (χ0n) is 14.5. The normalized spacial score (nSPS) is 12.7. The molecule has 0 bridgehead atoms. The maximum absolute atomic E-state index is 12.5. The fourth-order valence-electron chi connectivity index (χ4n) is 2.33. The Balaban J connectivity index is 2.31. The quantitative estimate of drug-likeness (QED) is 0.451. The van der Waals surface area contributed by atoms with Crippen molar-refractivity contribution in [2.75, 3.05) is 0 Å². The van der Waals surface area contributed by atoms with Crippen LogP contribution < -0.4 is 21.6 Å². The fourth-order valence-corrected chi connectivity index (χ4v) is 5.49. The standard InChI is InChI=1S/C18H19F3IO3S/c1-12(2)10-14-5-7-15(8-6-14)16-11-13(3)4-9-17(16)22-25-26(23,24)18(19,20)21/h4-9,11-12H,10H2,1-3H3/q-1. The van der Waals surface area contributed by atoms with Gasteiger partial charge in [0.05, 0.1) is 0 Å². The van der Waals surface area contributed by atoms with E-state index in [1.54, 1.807) is 12.1 Å². The van der Waals surface area contributed by atoms with E-state index in [1.807, 2.05) is 37.3 Å². The molecule has 3 nitrogen and oxygen atoms in total. The van der Waals surface area contributed by atoms with Crippen LogP contribution in [0.25, 0.3) is 11.1 Å². The molecule has 2 rings (SSSR count). The molecule has 0 saturated carbocycles. The van der Waals surface area contributed by atoms with Crippen molar-refractivity contribution in [1.82, 2.24) is 0 Å². The molecule has 0 aliphatic heterocycles. The van der Waals surface area contributed by atoms with Gasteiger partial charge in [0.1, 0.15) is 0 Å². The van der Waals surface area contributed by atoms with E-state index in [2.05, 4.69) is 16.4 Å². The van der Waals surface area contributed by atoms with Crippen molar-refractivity contribution in [2.24, 2.45) is 5.92 Å². The Labute approximate surface area is 162 Å². The molecule has 0 unspecified atom stereocenters. The van der Waals surface area contributed by atoms with Gasteiger partial charge in [-0.15, -0.1) is 0 Å². The van der Waals surface area contributed by atoms with Crippen LogP contribution in [-0.4, -0.2) is 13.9 Å². The van der Waals surface area contributed by atoms with Crippen molar-refractivity contribution in [2.45, 2.75) is 32.7 Å². The van der Waals surface area contributed by atoms with Crippen molar-refractivity contribution < 1.29 is 45.7 Å². The summed E-state index contributed by atoms with van der Waals surface area (Å²) < 4.78 is 64.6. The van der Waals surface area contributed by atoms with E-state index < -0.39 is 37.2 Å². The number of hydrogen-bond donors (Lipinski definition) is 0. The van der Waals surface area contributed by atoms with Gasteiger partial charge in [-0.25, -0.2) is 0 Å². The first-order valence-electron chi connectivity index (χ1n) is 7.84. The second-order valence-corrected chi connectivity index (χ2v) is 10.5. The molecule has 0 aromatic heterocycles. The van der Waals surface area contributed by atoms with Crippen LogP contribution in [0.5, 0.6) is 0 Å². The first-order valence-corrected chi connectivity index (χ1v) is 11.2. The molecular weight excluding hydrogens is 480 g/mol. The van der Waals surface area contributed by atoms with Gasteiger partial charge in [0.25, 0.3) is 0 Å². The van der Waals surface area contributed by atoms with Crippen LogP contribution in [0.4, 0.5) is 13.2 Å². The van der Waals surface area contributed by atoms with Crippen molar-refractivity contribution in [3.05, 3.63) is 57.2 Å². The summed E-state index contributed by atoms with van der Waals surface area (Å²) in [5, 5.41) is 0. The van der Waals surface area contributed by atoms with Crippen LogP contribution in [0, 0.1) is 16.4 Å². The SMILES string of the molecule is Cc1ccc([I-]OS(=O)(=O)C(F)(F)F)c(-c2ccc(CC(C)C)cc2)c1. The molecule has 0 heterocycles. The third-order valence-electron chi connectivity index (χ3n) is 3.51. The Morgan fingerprint density at radius 3 is 2.23 bits per heavy atom. The molecule has 8 heteroatoms. The third-order valence-corrected chi connectivity index (χ3v) is 7.68. The monoisotopic (exact) mass is 499 g/mol. The minimum absolute atomic E-state index is 0.485. The van der Waals surface area contributed by atoms with Crippen molar-refractivity contribution in [1.29, 1.82) is 0 Å². The average Bonchev–Trinajstić information content (AvgIpc) is 2.53. The van der Waals surface area contributed by atoms with Crippen LogP contribution in [0.1, 0.15) is 25.0 Å². The molecular formula is C18H19F3IO3S-. The van der Waals surface area contributed by atoms with Gasteiger partial charge >= 0.3 is 163 Å². The van der Waals surface area contributed by atoms with Crippen molar-refractivity contribution in [3.63, 3.8) is 0 Å².